The molecule has 0 aromatic carbocycles. The number of hydrogen-bond donors (Lipinski definition) is 2. The summed E-state index contributed by atoms with van der Waals surface area (Å²) in [5.41, 5.74) is 0. The molecule has 156 valence electrons. The number of aliphatic carboxylic acids is 3. The highest BCUT2D eigenvalue weighted by atomic mass is 16.4. The fourth-order valence-electron chi connectivity index (χ4n) is 3.11. The van der Waals surface area contributed by atoms with Gasteiger partial charge in [0, 0.05) is 18.8 Å². The van der Waals surface area contributed by atoms with Crippen LogP contribution in [0.3, 0.4) is 0 Å². The van der Waals surface area contributed by atoms with E-state index in [1.165, 1.54) is 25.7 Å². The summed E-state index contributed by atoms with van der Waals surface area (Å²) in [6, 6.07) is 0. The van der Waals surface area contributed by atoms with Crippen LogP contribution in [0.2, 0.25) is 0 Å². The van der Waals surface area contributed by atoms with Gasteiger partial charge in [-0.15, -0.1) is 0 Å². The molecule has 0 amide bonds. The van der Waals surface area contributed by atoms with Crippen molar-refractivity contribution in [3.63, 3.8) is 0 Å². The molecule has 0 atom stereocenters. The average molecular weight is 386 g/mol. The van der Waals surface area contributed by atoms with E-state index in [-0.39, 0.29) is 43.4 Å². The molecule has 0 aromatic heterocycles. The first-order valence-corrected chi connectivity index (χ1v) is 9.95. The second kappa shape index (κ2) is 15.2. The first-order chi connectivity index (χ1) is 12.8. The summed E-state index contributed by atoms with van der Waals surface area (Å²) in [4.78, 5) is 32.8. The van der Waals surface area contributed by atoms with Gasteiger partial charge in [-0.2, -0.15) is 0 Å². The lowest BCUT2D eigenvalue weighted by Crippen LogP contribution is -2.52. The van der Waals surface area contributed by atoms with Gasteiger partial charge in [0.25, 0.3) is 0 Å². The number of rotatable bonds is 18. The predicted octanol–water partition coefficient (Wildman–Crippen LogP) is 2.20. The quantitative estimate of drug-likeness (QED) is 0.212. The SMILES string of the molecule is CCCCCCC/C=C/CC[N+](CCC(=O)[O-])(CCC(=O)O)CCC(=O)O. The maximum atomic E-state index is 11.0. The molecule has 0 aliphatic rings. The third-order valence-corrected chi connectivity index (χ3v) is 4.80. The topological polar surface area (TPSA) is 115 Å². The van der Waals surface area contributed by atoms with Crippen LogP contribution in [0.1, 0.15) is 71.1 Å². The van der Waals surface area contributed by atoms with E-state index in [1.807, 2.05) is 6.08 Å². The monoisotopic (exact) mass is 385 g/mol. The van der Waals surface area contributed by atoms with Crippen molar-refractivity contribution in [3.05, 3.63) is 12.2 Å². The van der Waals surface area contributed by atoms with E-state index in [1.54, 1.807) is 0 Å². The van der Waals surface area contributed by atoms with Crippen molar-refractivity contribution in [2.24, 2.45) is 0 Å². The van der Waals surface area contributed by atoms with Crippen molar-refractivity contribution in [3.8, 4) is 0 Å². The highest BCUT2D eigenvalue weighted by molar-refractivity contribution is 5.67. The van der Waals surface area contributed by atoms with Gasteiger partial charge in [0.15, 0.2) is 0 Å². The van der Waals surface area contributed by atoms with Crippen molar-refractivity contribution in [2.45, 2.75) is 71.1 Å². The van der Waals surface area contributed by atoms with Gasteiger partial charge >= 0.3 is 11.9 Å². The molecular weight excluding hydrogens is 350 g/mol. The van der Waals surface area contributed by atoms with Crippen LogP contribution in [0.15, 0.2) is 12.2 Å². The van der Waals surface area contributed by atoms with Gasteiger partial charge in [-0.05, 0) is 12.8 Å². The smallest absolute Gasteiger partial charge is 0.309 e. The van der Waals surface area contributed by atoms with Crippen LogP contribution in [-0.2, 0) is 14.4 Å². The van der Waals surface area contributed by atoms with E-state index in [2.05, 4.69) is 13.0 Å². The van der Waals surface area contributed by atoms with Crippen molar-refractivity contribution in [2.75, 3.05) is 26.2 Å². The van der Waals surface area contributed by atoms with Crippen LogP contribution in [0.4, 0.5) is 0 Å². The van der Waals surface area contributed by atoms with Gasteiger partial charge in [0.1, 0.15) is 0 Å². The summed E-state index contributed by atoms with van der Waals surface area (Å²) in [7, 11) is 0. The summed E-state index contributed by atoms with van der Waals surface area (Å²) in [6.07, 6.45) is 11.4. The molecule has 0 saturated heterocycles. The minimum absolute atomic E-state index is 0.117. The maximum Gasteiger partial charge on any atom is 0.309 e. The third kappa shape index (κ3) is 14.9. The molecular formula is C20H35NO6. The van der Waals surface area contributed by atoms with E-state index in [9.17, 15) is 19.5 Å². The summed E-state index contributed by atoms with van der Waals surface area (Å²) in [6.45, 7) is 3.34. The first kappa shape index (κ1) is 25.1. The molecule has 0 radical (unpaired) electrons. The number of quaternary nitrogens is 1. The number of hydrogen-bond acceptors (Lipinski definition) is 4. The van der Waals surface area contributed by atoms with Crippen LogP contribution >= 0.6 is 0 Å². The normalized spacial score (nSPS) is 11.7. The Morgan fingerprint density at radius 3 is 1.81 bits per heavy atom. The number of carbonyl (C=O) groups is 3. The fourth-order valence-corrected chi connectivity index (χ4v) is 3.11. The third-order valence-electron chi connectivity index (χ3n) is 4.80. The molecule has 27 heavy (non-hydrogen) atoms. The second-order valence-corrected chi connectivity index (χ2v) is 7.11. The molecule has 7 heteroatoms. The molecule has 0 spiro atoms. The maximum absolute atomic E-state index is 11.0. The van der Waals surface area contributed by atoms with Crippen molar-refractivity contribution in [1.29, 1.82) is 0 Å². The Hall–Kier alpha value is -1.89. The first-order valence-electron chi connectivity index (χ1n) is 9.95. The van der Waals surface area contributed by atoms with E-state index >= 15 is 0 Å². The summed E-state index contributed by atoms with van der Waals surface area (Å²) in [5, 5.41) is 28.9. The molecule has 0 bridgehead atoms. The van der Waals surface area contributed by atoms with E-state index in [0.29, 0.717) is 13.0 Å². The number of carbonyl (C=O) groups excluding carboxylic acids is 1. The minimum Gasteiger partial charge on any atom is -0.550 e. The van der Waals surface area contributed by atoms with Gasteiger partial charge in [-0.1, -0.05) is 44.8 Å². The zero-order valence-corrected chi connectivity index (χ0v) is 16.5. The van der Waals surface area contributed by atoms with Crippen LogP contribution < -0.4 is 5.11 Å². The molecule has 0 aromatic rings. The molecule has 0 fully saturated rings. The zero-order valence-electron chi connectivity index (χ0n) is 16.5. The average Bonchev–Trinajstić information content (AvgIpc) is 2.61. The molecule has 0 rings (SSSR count). The lowest BCUT2D eigenvalue weighted by Gasteiger charge is -2.38. The summed E-state index contributed by atoms with van der Waals surface area (Å²) in [5.74, 6) is -3.14. The van der Waals surface area contributed by atoms with E-state index in [4.69, 9.17) is 10.2 Å². The highest BCUT2D eigenvalue weighted by Gasteiger charge is 2.28. The van der Waals surface area contributed by atoms with Crippen molar-refractivity contribution >= 4 is 17.9 Å². The Morgan fingerprint density at radius 1 is 0.778 bits per heavy atom. The molecule has 0 heterocycles. The molecule has 0 aliphatic heterocycles. The zero-order chi connectivity index (χ0) is 20.5. The molecule has 0 saturated carbocycles. The van der Waals surface area contributed by atoms with Crippen LogP contribution in [0, 0.1) is 0 Å². The van der Waals surface area contributed by atoms with Gasteiger partial charge in [-0.25, -0.2) is 0 Å². The van der Waals surface area contributed by atoms with Gasteiger partial charge in [0.05, 0.1) is 39.0 Å². The van der Waals surface area contributed by atoms with Crippen molar-refractivity contribution < 1.29 is 34.2 Å². The number of nitrogens with zero attached hydrogens (tertiary/aromatic N) is 1. The van der Waals surface area contributed by atoms with Gasteiger partial charge in [-0.3, -0.25) is 9.59 Å². The number of allylic oxidation sites excluding steroid dienone is 1. The number of carboxylic acid groups (broad SMARTS) is 3. The summed E-state index contributed by atoms with van der Waals surface area (Å²) >= 11 is 0. The Kier molecular flexibility index (Phi) is 14.1. The largest absolute Gasteiger partial charge is 0.550 e. The summed E-state index contributed by atoms with van der Waals surface area (Å²) < 4.78 is 0.174. The minimum atomic E-state index is -1.20. The standard InChI is InChI=1S/C20H35NO6/c1-2-3-4-5-6-7-8-9-10-14-21(15-11-18(22)23,16-12-19(24)25)17-13-20(26)27/h8-9H,2-7,10-17H2,1H3,(H2-,22,23,24,25,26,27)/b9-8+. The Morgan fingerprint density at radius 2 is 1.30 bits per heavy atom. The van der Waals surface area contributed by atoms with Crippen LogP contribution in [0.25, 0.3) is 0 Å². The van der Waals surface area contributed by atoms with Crippen molar-refractivity contribution in [1.82, 2.24) is 0 Å². The molecule has 2 N–H and O–H groups in total. The molecule has 7 nitrogen and oxygen atoms in total. The van der Waals surface area contributed by atoms with E-state index < -0.39 is 17.9 Å². The molecule has 0 unspecified atom stereocenters. The Labute approximate surface area is 162 Å². The highest BCUT2D eigenvalue weighted by Crippen LogP contribution is 2.14. The van der Waals surface area contributed by atoms with Crippen LogP contribution in [0.5, 0.6) is 0 Å². The molecule has 0 aliphatic carbocycles. The van der Waals surface area contributed by atoms with Gasteiger partial charge in [0.2, 0.25) is 0 Å². The Balaban J connectivity index is 4.68. The second-order valence-electron chi connectivity index (χ2n) is 7.11. The lowest BCUT2D eigenvalue weighted by atomic mass is 10.1. The van der Waals surface area contributed by atoms with Crippen LogP contribution in [-0.4, -0.2) is 58.8 Å². The predicted molar refractivity (Wildman–Crippen MR) is 101 cm³/mol. The van der Waals surface area contributed by atoms with Gasteiger partial charge < -0.3 is 24.6 Å². The fraction of sp³-hybridized carbons (Fsp3) is 0.750. The number of unbranched alkanes of at least 4 members (excludes halogenated alkanes) is 5. The van der Waals surface area contributed by atoms with E-state index in [0.717, 1.165) is 12.8 Å². The Bertz CT molecular complexity index is 430. The lowest BCUT2D eigenvalue weighted by molar-refractivity contribution is -0.926. The number of carboxylic acids is 3.